The molecular formula is C17H22ClFN6. The number of aromatic nitrogens is 4. The zero-order valence-electron chi connectivity index (χ0n) is 14.9. The lowest BCUT2D eigenvalue weighted by Gasteiger charge is -2.36. The maximum atomic E-state index is 14.6. The van der Waals surface area contributed by atoms with Gasteiger partial charge in [0.25, 0.3) is 0 Å². The topological polar surface area (TPSA) is 58.0 Å². The van der Waals surface area contributed by atoms with Crippen molar-refractivity contribution in [3.05, 3.63) is 34.8 Å². The van der Waals surface area contributed by atoms with Crippen molar-refractivity contribution in [3.8, 4) is 0 Å². The molecule has 0 aliphatic carbocycles. The Kier molecular flexibility index (Phi) is 4.77. The van der Waals surface area contributed by atoms with E-state index in [0.717, 1.165) is 0 Å². The Morgan fingerprint density at radius 2 is 1.56 bits per heavy atom. The number of aryl methyl sites for hydroxylation is 1. The Balaban J connectivity index is 1.78. The van der Waals surface area contributed by atoms with Crippen molar-refractivity contribution in [3.63, 3.8) is 0 Å². The molecule has 0 bridgehead atoms. The predicted molar refractivity (Wildman–Crippen MR) is 96.9 cm³/mol. The highest BCUT2D eigenvalue weighted by atomic mass is 35.5. The number of halogens is 2. The number of anilines is 2. The molecule has 2 aromatic rings. The highest BCUT2D eigenvalue weighted by Gasteiger charge is 2.26. The number of hydrogen-bond donors (Lipinski definition) is 0. The summed E-state index contributed by atoms with van der Waals surface area (Å²) >= 11 is 5.83. The van der Waals surface area contributed by atoms with E-state index in [1.807, 2.05) is 25.7 Å². The maximum absolute atomic E-state index is 14.6. The van der Waals surface area contributed by atoms with E-state index < -0.39 is 0 Å². The third kappa shape index (κ3) is 3.81. The van der Waals surface area contributed by atoms with E-state index in [-0.39, 0.29) is 11.2 Å². The molecule has 1 aliphatic rings. The van der Waals surface area contributed by atoms with E-state index in [1.165, 1.54) is 0 Å². The normalized spacial score (nSPS) is 15.6. The van der Waals surface area contributed by atoms with Gasteiger partial charge in [0.05, 0.1) is 23.1 Å². The molecule has 6 nitrogen and oxygen atoms in total. The SMILES string of the molecule is Cc1nc(C(C)(C)C)nc(N2CCN(c3ncc(Cl)cn3)CC2)c1F. The molecule has 0 saturated carbocycles. The molecule has 1 saturated heterocycles. The first-order valence-electron chi connectivity index (χ1n) is 8.28. The molecule has 1 fully saturated rings. The van der Waals surface area contributed by atoms with Crippen LogP contribution in [0.1, 0.15) is 32.3 Å². The smallest absolute Gasteiger partial charge is 0.225 e. The Bertz CT molecular complexity index is 751. The van der Waals surface area contributed by atoms with Gasteiger partial charge in [0.2, 0.25) is 5.95 Å². The van der Waals surface area contributed by atoms with Crippen molar-refractivity contribution in [2.75, 3.05) is 36.0 Å². The summed E-state index contributed by atoms with van der Waals surface area (Å²) < 4.78 is 14.6. The van der Waals surface area contributed by atoms with E-state index in [9.17, 15) is 4.39 Å². The van der Waals surface area contributed by atoms with Crippen molar-refractivity contribution in [2.45, 2.75) is 33.1 Å². The van der Waals surface area contributed by atoms with Gasteiger partial charge in [-0.3, -0.25) is 0 Å². The molecule has 25 heavy (non-hydrogen) atoms. The third-order valence-electron chi connectivity index (χ3n) is 4.14. The quantitative estimate of drug-likeness (QED) is 0.816. The molecule has 0 amide bonds. The lowest BCUT2D eigenvalue weighted by atomic mass is 9.95. The first-order chi connectivity index (χ1) is 11.8. The zero-order chi connectivity index (χ0) is 18.2. The molecule has 0 aromatic carbocycles. The number of piperazine rings is 1. The highest BCUT2D eigenvalue weighted by molar-refractivity contribution is 6.30. The van der Waals surface area contributed by atoms with Gasteiger partial charge < -0.3 is 9.80 Å². The second-order valence-corrected chi connectivity index (χ2v) is 7.63. The van der Waals surface area contributed by atoms with Crippen LogP contribution in [-0.4, -0.2) is 46.1 Å². The van der Waals surface area contributed by atoms with Gasteiger partial charge in [-0.25, -0.2) is 24.3 Å². The summed E-state index contributed by atoms with van der Waals surface area (Å²) in [7, 11) is 0. The number of hydrogen-bond acceptors (Lipinski definition) is 6. The Morgan fingerprint density at radius 3 is 2.12 bits per heavy atom. The fourth-order valence-electron chi connectivity index (χ4n) is 2.68. The van der Waals surface area contributed by atoms with Crippen LogP contribution < -0.4 is 9.80 Å². The first-order valence-corrected chi connectivity index (χ1v) is 8.65. The van der Waals surface area contributed by atoms with Crippen LogP contribution in [0.15, 0.2) is 12.4 Å². The lowest BCUT2D eigenvalue weighted by molar-refractivity contribution is 0.516. The van der Waals surface area contributed by atoms with Gasteiger partial charge in [-0.05, 0) is 6.92 Å². The minimum absolute atomic E-state index is 0.230. The van der Waals surface area contributed by atoms with Gasteiger partial charge in [0.1, 0.15) is 5.82 Å². The summed E-state index contributed by atoms with van der Waals surface area (Å²) in [5.41, 5.74) is 0.157. The van der Waals surface area contributed by atoms with Crippen LogP contribution in [0, 0.1) is 12.7 Å². The second kappa shape index (κ2) is 6.71. The molecule has 0 N–H and O–H groups in total. The Hall–Kier alpha value is -2.02. The molecule has 1 aliphatic heterocycles. The predicted octanol–water partition coefficient (Wildman–Crippen LogP) is 2.99. The summed E-state index contributed by atoms with van der Waals surface area (Å²) in [5, 5.41) is 0.510. The highest BCUT2D eigenvalue weighted by Crippen LogP contribution is 2.26. The average molecular weight is 365 g/mol. The van der Waals surface area contributed by atoms with Gasteiger partial charge in [-0.2, -0.15) is 0 Å². The minimum Gasteiger partial charge on any atom is -0.351 e. The van der Waals surface area contributed by atoms with Gasteiger partial charge in [-0.15, -0.1) is 0 Å². The fourth-order valence-corrected chi connectivity index (χ4v) is 2.77. The average Bonchev–Trinajstić information content (AvgIpc) is 2.57. The first kappa shape index (κ1) is 17.8. The summed E-state index contributed by atoms with van der Waals surface area (Å²) in [6.45, 7) is 10.4. The summed E-state index contributed by atoms with van der Waals surface area (Å²) in [6.07, 6.45) is 3.17. The van der Waals surface area contributed by atoms with Gasteiger partial charge >= 0.3 is 0 Å². The molecule has 3 rings (SSSR count). The fraction of sp³-hybridized carbons (Fsp3) is 0.529. The van der Waals surface area contributed by atoms with Gasteiger partial charge in [-0.1, -0.05) is 32.4 Å². The van der Waals surface area contributed by atoms with E-state index in [1.54, 1.807) is 19.3 Å². The molecule has 8 heteroatoms. The zero-order valence-corrected chi connectivity index (χ0v) is 15.7. The van der Waals surface area contributed by atoms with Crippen molar-refractivity contribution < 1.29 is 4.39 Å². The van der Waals surface area contributed by atoms with Crippen LogP contribution in [0.25, 0.3) is 0 Å². The van der Waals surface area contributed by atoms with Crippen molar-refractivity contribution in [1.29, 1.82) is 0 Å². The van der Waals surface area contributed by atoms with Crippen molar-refractivity contribution in [2.24, 2.45) is 0 Å². The van der Waals surface area contributed by atoms with Crippen LogP contribution in [0.2, 0.25) is 5.02 Å². The molecule has 134 valence electrons. The lowest BCUT2D eigenvalue weighted by Crippen LogP contribution is -2.48. The maximum Gasteiger partial charge on any atom is 0.225 e. The van der Waals surface area contributed by atoms with E-state index in [0.29, 0.717) is 54.5 Å². The van der Waals surface area contributed by atoms with Gasteiger partial charge in [0.15, 0.2) is 11.6 Å². The standard InChI is InChI=1S/C17H22ClFN6/c1-11-13(19)14(23-15(22-11)17(2,3)4)24-5-7-25(8-6-24)16-20-9-12(18)10-21-16/h9-10H,5-8H2,1-4H3. The Labute approximate surface area is 152 Å². The van der Waals surface area contributed by atoms with Crippen molar-refractivity contribution in [1.82, 2.24) is 19.9 Å². The van der Waals surface area contributed by atoms with Gasteiger partial charge in [0, 0.05) is 31.6 Å². The number of nitrogens with zero attached hydrogens (tertiary/aromatic N) is 6. The second-order valence-electron chi connectivity index (χ2n) is 7.20. The third-order valence-corrected chi connectivity index (χ3v) is 4.33. The van der Waals surface area contributed by atoms with Crippen molar-refractivity contribution >= 4 is 23.4 Å². The molecule has 3 heterocycles. The van der Waals surface area contributed by atoms with E-state index in [4.69, 9.17) is 11.6 Å². The number of rotatable bonds is 2. The Morgan fingerprint density at radius 1 is 1.00 bits per heavy atom. The van der Waals surface area contributed by atoms with Crippen LogP contribution in [-0.2, 0) is 5.41 Å². The molecular weight excluding hydrogens is 343 g/mol. The minimum atomic E-state index is -0.343. The molecule has 2 aromatic heterocycles. The molecule has 0 unspecified atom stereocenters. The monoisotopic (exact) mass is 364 g/mol. The molecule has 0 spiro atoms. The van der Waals surface area contributed by atoms with Crippen LogP contribution >= 0.6 is 11.6 Å². The summed E-state index contributed by atoms with van der Waals surface area (Å²) in [6, 6.07) is 0. The summed E-state index contributed by atoms with van der Waals surface area (Å²) in [5.74, 6) is 1.34. The van der Waals surface area contributed by atoms with E-state index in [2.05, 4.69) is 24.8 Å². The summed E-state index contributed by atoms with van der Waals surface area (Å²) in [4.78, 5) is 21.3. The largest absolute Gasteiger partial charge is 0.351 e. The van der Waals surface area contributed by atoms with Crippen LogP contribution in [0.3, 0.4) is 0 Å². The van der Waals surface area contributed by atoms with Crippen LogP contribution in [0.4, 0.5) is 16.2 Å². The molecule has 0 atom stereocenters. The molecule has 0 radical (unpaired) electrons. The van der Waals surface area contributed by atoms with E-state index >= 15 is 0 Å². The van der Waals surface area contributed by atoms with Crippen LogP contribution in [0.5, 0.6) is 0 Å².